The van der Waals surface area contributed by atoms with E-state index in [1.165, 1.54) is 16.7 Å². The summed E-state index contributed by atoms with van der Waals surface area (Å²) in [4.78, 5) is 0. The van der Waals surface area contributed by atoms with Gasteiger partial charge in [0.25, 0.3) is 0 Å². The van der Waals surface area contributed by atoms with Gasteiger partial charge in [0.2, 0.25) is 0 Å². The average molecular weight is 331 g/mol. The van der Waals surface area contributed by atoms with Gasteiger partial charge in [-0.05, 0) is 35.2 Å². The minimum atomic E-state index is 0.151. The van der Waals surface area contributed by atoms with Crippen molar-refractivity contribution in [2.75, 3.05) is 7.11 Å². The van der Waals surface area contributed by atoms with Gasteiger partial charge in [0.05, 0.1) is 13.2 Å². The maximum Gasteiger partial charge on any atom is 0.119 e. The second kappa shape index (κ2) is 8.50. The quantitative estimate of drug-likeness (QED) is 0.615. The number of ether oxygens (including phenoxy) is 1. The van der Waals surface area contributed by atoms with Crippen LogP contribution in [0.1, 0.15) is 42.1 Å². The van der Waals surface area contributed by atoms with E-state index < -0.39 is 0 Å². The van der Waals surface area contributed by atoms with Gasteiger partial charge in [0.15, 0.2) is 0 Å². The Bertz CT molecular complexity index is 731. The molecule has 0 radical (unpaired) electrons. The Balaban J connectivity index is 1.93. The molecule has 0 amide bonds. The van der Waals surface area contributed by atoms with E-state index in [4.69, 9.17) is 4.74 Å². The zero-order valence-electron chi connectivity index (χ0n) is 14.9. The zero-order chi connectivity index (χ0) is 17.5. The van der Waals surface area contributed by atoms with Crippen LogP contribution in [0.4, 0.5) is 0 Å². The van der Waals surface area contributed by atoms with Crippen LogP contribution in [-0.2, 0) is 0 Å². The highest BCUT2D eigenvalue weighted by molar-refractivity contribution is 5.34. The van der Waals surface area contributed by atoms with Gasteiger partial charge in [0.1, 0.15) is 5.75 Å². The van der Waals surface area contributed by atoms with Crippen LogP contribution in [0, 0.1) is 0 Å². The summed E-state index contributed by atoms with van der Waals surface area (Å²) in [5, 5.41) is 3.85. The number of methoxy groups -OCH3 is 1. The summed E-state index contributed by atoms with van der Waals surface area (Å²) in [6.07, 6.45) is 1.00. The van der Waals surface area contributed by atoms with Gasteiger partial charge in [-0.2, -0.15) is 0 Å². The van der Waals surface area contributed by atoms with E-state index in [-0.39, 0.29) is 12.1 Å². The average Bonchev–Trinajstić information content (AvgIpc) is 2.70. The van der Waals surface area contributed by atoms with Crippen molar-refractivity contribution in [3.05, 3.63) is 102 Å². The van der Waals surface area contributed by atoms with E-state index in [9.17, 15) is 0 Å². The number of nitrogens with one attached hydrogen (secondary N) is 1. The fraction of sp³-hybridized carbons (Fsp3) is 0.217. The molecule has 0 aliphatic carbocycles. The first-order valence-electron chi connectivity index (χ1n) is 8.81. The normalized spacial score (nSPS) is 12.1. The first-order chi connectivity index (χ1) is 12.3. The van der Waals surface area contributed by atoms with Crippen LogP contribution in [0.5, 0.6) is 5.75 Å². The minimum absolute atomic E-state index is 0.151. The lowest BCUT2D eigenvalue weighted by Crippen LogP contribution is -2.27. The van der Waals surface area contributed by atoms with Crippen molar-refractivity contribution in [1.29, 1.82) is 0 Å². The van der Waals surface area contributed by atoms with E-state index in [1.54, 1.807) is 7.11 Å². The maximum absolute atomic E-state index is 5.40. The fourth-order valence-electron chi connectivity index (χ4n) is 3.19. The molecule has 0 saturated heterocycles. The van der Waals surface area contributed by atoms with Crippen molar-refractivity contribution in [2.24, 2.45) is 0 Å². The minimum Gasteiger partial charge on any atom is -0.497 e. The van der Waals surface area contributed by atoms with Crippen LogP contribution in [-0.4, -0.2) is 7.11 Å². The molecular formula is C23H25NO. The predicted molar refractivity (Wildman–Crippen MR) is 104 cm³/mol. The fourth-order valence-corrected chi connectivity index (χ4v) is 3.19. The molecule has 1 atom stereocenters. The highest BCUT2D eigenvalue weighted by Gasteiger charge is 2.19. The standard InChI is InChI=1S/C23H25NO/c1-3-22(20-15-10-16-21(17-20)25-2)24-23(18-11-6-4-7-12-18)19-13-8-5-9-14-19/h4-17,22-24H,3H2,1-2H3. The summed E-state index contributed by atoms with van der Waals surface area (Å²) in [7, 11) is 1.71. The van der Waals surface area contributed by atoms with Crippen molar-refractivity contribution in [3.8, 4) is 5.75 Å². The molecule has 2 heteroatoms. The highest BCUT2D eigenvalue weighted by Crippen LogP contribution is 2.28. The van der Waals surface area contributed by atoms with Gasteiger partial charge in [-0.15, -0.1) is 0 Å². The lowest BCUT2D eigenvalue weighted by Gasteiger charge is -2.26. The second-order valence-electron chi connectivity index (χ2n) is 6.16. The third-order valence-electron chi connectivity index (χ3n) is 4.54. The Kier molecular flexibility index (Phi) is 5.86. The Morgan fingerprint density at radius 3 is 1.84 bits per heavy atom. The Morgan fingerprint density at radius 2 is 1.32 bits per heavy atom. The van der Waals surface area contributed by atoms with Crippen molar-refractivity contribution >= 4 is 0 Å². The molecular weight excluding hydrogens is 306 g/mol. The Labute approximate surface area is 150 Å². The lowest BCUT2D eigenvalue weighted by atomic mass is 9.95. The summed E-state index contributed by atoms with van der Waals surface area (Å²) in [5.41, 5.74) is 3.80. The van der Waals surface area contributed by atoms with E-state index in [0.717, 1.165) is 12.2 Å². The Morgan fingerprint density at radius 1 is 0.760 bits per heavy atom. The molecule has 0 bridgehead atoms. The van der Waals surface area contributed by atoms with Crippen molar-refractivity contribution in [1.82, 2.24) is 5.32 Å². The van der Waals surface area contributed by atoms with E-state index >= 15 is 0 Å². The van der Waals surface area contributed by atoms with Gasteiger partial charge in [-0.25, -0.2) is 0 Å². The number of benzene rings is 3. The smallest absolute Gasteiger partial charge is 0.119 e. The molecule has 2 nitrogen and oxygen atoms in total. The summed E-state index contributed by atoms with van der Waals surface area (Å²) >= 11 is 0. The van der Waals surface area contributed by atoms with E-state index in [2.05, 4.69) is 91.1 Å². The number of hydrogen-bond donors (Lipinski definition) is 1. The monoisotopic (exact) mass is 331 g/mol. The number of hydrogen-bond acceptors (Lipinski definition) is 2. The van der Waals surface area contributed by atoms with Crippen molar-refractivity contribution < 1.29 is 4.74 Å². The van der Waals surface area contributed by atoms with Crippen LogP contribution >= 0.6 is 0 Å². The summed E-state index contributed by atoms with van der Waals surface area (Å²) in [5.74, 6) is 0.897. The predicted octanol–water partition coefficient (Wildman–Crippen LogP) is 5.53. The van der Waals surface area contributed by atoms with Gasteiger partial charge < -0.3 is 4.74 Å². The molecule has 3 aromatic rings. The number of rotatable bonds is 7. The molecule has 0 aliphatic rings. The lowest BCUT2D eigenvalue weighted by molar-refractivity contribution is 0.411. The molecule has 1 N–H and O–H groups in total. The van der Waals surface area contributed by atoms with Crippen LogP contribution in [0.25, 0.3) is 0 Å². The molecule has 0 saturated carbocycles. The third-order valence-corrected chi connectivity index (χ3v) is 4.54. The molecule has 25 heavy (non-hydrogen) atoms. The summed E-state index contributed by atoms with van der Waals surface area (Å²) in [6, 6.07) is 30.0. The Hall–Kier alpha value is -2.58. The topological polar surface area (TPSA) is 21.3 Å². The molecule has 0 spiro atoms. The van der Waals surface area contributed by atoms with Crippen LogP contribution < -0.4 is 10.1 Å². The SMILES string of the molecule is CCC(NC(c1ccccc1)c1ccccc1)c1cccc(OC)c1. The molecule has 128 valence electrons. The zero-order valence-corrected chi connectivity index (χ0v) is 14.9. The summed E-state index contributed by atoms with van der Waals surface area (Å²) < 4.78 is 5.40. The van der Waals surface area contributed by atoms with Crippen LogP contribution in [0.3, 0.4) is 0 Å². The van der Waals surface area contributed by atoms with Crippen molar-refractivity contribution in [2.45, 2.75) is 25.4 Å². The van der Waals surface area contributed by atoms with Crippen LogP contribution in [0.15, 0.2) is 84.9 Å². The van der Waals surface area contributed by atoms with Crippen LogP contribution in [0.2, 0.25) is 0 Å². The summed E-state index contributed by atoms with van der Waals surface area (Å²) in [6.45, 7) is 2.21. The van der Waals surface area contributed by atoms with Gasteiger partial charge in [-0.3, -0.25) is 5.32 Å². The molecule has 0 fully saturated rings. The van der Waals surface area contributed by atoms with Gasteiger partial charge in [0, 0.05) is 6.04 Å². The van der Waals surface area contributed by atoms with Gasteiger partial charge in [-0.1, -0.05) is 79.7 Å². The second-order valence-corrected chi connectivity index (χ2v) is 6.16. The highest BCUT2D eigenvalue weighted by atomic mass is 16.5. The molecule has 3 aromatic carbocycles. The van der Waals surface area contributed by atoms with E-state index in [0.29, 0.717) is 0 Å². The molecule has 0 aromatic heterocycles. The first-order valence-corrected chi connectivity index (χ1v) is 8.81. The largest absolute Gasteiger partial charge is 0.497 e. The van der Waals surface area contributed by atoms with Crippen molar-refractivity contribution in [3.63, 3.8) is 0 Å². The van der Waals surface area contributed by atoms with Gasteiger partial charge >= 0.3 is 0 Å². The maximum atomic E-state index is 5.40. The molecule has 0 aliphatic heterocycles. The first kappa shape index (κ1) is 17.2. The molecule has 3 rings (SSSR count). The molecule has 1 unspecified atom stereocenters. The molecule has 0 heterocycles. The third kappa shape index (κ3) is 4.28. The van der Waals surface area contributed by atoms with E-state index in [1.807, 2.05) is 6.07 Å².